The maximum Gasteiger partial charge on any atom is 0.227 e. The van der Waals surface area contributed by atoms with Crippen LogP contribution in [0.5, 0.6) is 23.1 Å². The van der Waals surface area contributed by atoms with Crippen LogP contribution in [0.1, 0.15) is 12.5 Å². The molecule has 0 spiro atoms. The second-order valence-electron chi connectivity index (χ2n) is 4.31. The molecule has 0 aliphatic carbocycles. The largest absolute Gasteiger partial charge is 0.493 e. The number of ether oxygens (including phenoxy) is 3. The molecule has 0 fully saturated rings. The summed E-state index contributed by atoms with van der Waals surface area (Å²) in [5, 5.41) is 3.05. The van der Waals surface area contributed by atoms with Gasteiger partial charge in [0.2, 0.25) is 17.6 Å². The number of methoxy groups -OCH3 is 2. The Morgan fingerprint density at radius 3 is 2.38 bits per heavy atom. The second kappa shape index (κ2) is 6.78. The van der Waals surface area contributed by atoms with E-state index in [1.165, 1.54) is 0 Å². The summed E-state index contributed by atoms with van der Waals surface area (Å²) in [5.74, 6) is 2.64. The van der Waals surface area contributed by atoms with Crippen molar-refractivity contribution in [1.82, 2.24) is 9.97 Å². The molecule has 0 atom stereocenters. The monoisotopic (exact) mass is 289 g/mol. The van der Waals surface area contributed by atoms with Gasteiger partial charge in [0.15, 0.2) is 11.5 Å². The van der Waals surface area contributed by atoms with E-state index in [1.54, 1.807) is 32.5 Å². The van der Waals surface area contributed by atoms with Crippen molar-refractivity contribution in [2.45, 2.75) is 13.8 Å². The Balaban J connectivity index is 2.39. The Morgan fingerprint density at radius 2 is 1.81 bits per heavy atom. The van der Waals surface area contributed by atoms with Gasteiger partial charge in [-0.2, -0.15) is 4.98 Å². The van der Waals surface area contributed by atoms with Gasteiger partial charge in [0.25, 0.3) is 0 Å². The zero-order valence-corrected chi connectivity index (χ0v) is 12.6. The number of hydrogen-bond acceptors (Lipinski definition) is 6. The van der Waals surface area contributed by atoms with E-state index in [-0.39, 0.29) is 0 Å². The van der Waals surface area contributed by atoms with E-state index in [9.17, 15) is 0 Å². The van der Waals surface area contributed by atoms with E-state index in [0.29, 0.717) is 29.1 Å². The minimum atomic E-state index is 0.462. The summed E-state index contributed by atoms with van der Waals surface area (Å²) in [6.45, 7) is 4.60. The molecule has 2 rings (SSSR count). The molecule has 1 heterocycles. The molecule has 21 heavy (non-hydrogen) atoms. The lowest BCUT2D eigenvalue weighted by atomic mass is 10.3. The number of para-hydroxylation sites is 1. The Kier molecular flexibility index (Phi) is 4.81. The molecule has 0 aliphatic heterocycles. The quantitative estimate of drug-likeness (QED) is 0.881. The summed E-state index contributed by atoms with van der Waals surface area (Å²) < 4.78 is 16.5. The van der Waals surface area contributed by atoms with Crippen molar-refractivity contribution in [2.75, 3.05) is 26.1 Å². The number of anilines is 1. The van der Waals surface area contributed by atoms with E-state index in [0.717, 1.165) is 12.1 Å². The molecule has 112 valence electrons. The average Bonchev–Trinajstić information content (AvgIpc) is 2.51. The molecule has 0 unspecified atom stereocenters. The molecule has 6 heteroatoms. The van der Waals surface area contributed by atoms with Gasteiger partial charge in [-0.15, -0.1) is 0 Å². The molecule has 0 saturated carbocycles. The Labute approximate surface area is 124 Å². The molecule has 0 amide bonds. The van der Waals surface area contributed by atoms with Crippen molar-refractivity contribution in [3.63, 3.8) is 0 Å². The van der Waals surface area contributed by atoms with Crippen molar-refractivity contribution < 1.29 is 14.2 Å². The zero-order valence-electron chi connectivity index (χ0n) is 12.6. The van der Waals surface area contributed by atoms with Gasteiger partial charge < -0.3 is 19.5 Å². The van der Waals surface area contributed by atoms with Crippen molar-refractivity contribution in [3.8, 4) is 23.1 Å². The van der Waals surface area contributed by atoms with E-state index >= 15 is 0 Å². The summed E-state index contributed by atoms with van der Waals surface area (Å²) in [6, 6.07) is 5.45. The van der Waals surface area contributed by atoms with Crippen LogP contribution in [-0.2, 0) is 0 Å². The number of nitrogens with one attached hydrogen (secondary N) is 1. The lowest BCUT2D eigenvalue weighted by molar-refractivity contribution is 0.341. The second-order valence-corrected chi connectivity index (χ2v) is 4.31. The summed E-state index contributed by atoms with van der Waals surface area (Å²) >= 11 is 0. The molecule has 0 radical (unpaired) electrons. The van der Waals surface area contributed by atoms with Gasteiger partial charge in [-0.3, -0.25) is 0 Å². The third-order valence-corrected chi connectivity index (χ3v) is 2.84. The molecule has 0 aliphatic rings. The predicted octanol–water partition coefficient (Wildman–Crippen LogP) is 3.03. The van der Waals surface area contributed by atoms with Gasteiger partial charge in [0.1, 0.15) is 0 Å². The summed E-state index contributed by atoms with van der Waals surface area (Å²) in [7, 11) is 3.16. The molecule has 1 aromatic heterocycles. The maximum atomic E-state index is 5.90. The third kappa shape index (κ3) is 3.34. The van der Waals surface area contributed by atoms with E-state index < -0.39 is 0 Å². The summed E-state index contributed by atoms with van der Waals surface area (Å²) in [6.07, 6.45) is 1.71. The van der Waals surface area contributed by atoms with Crippen LogP contribution in [-0.4, -0.2) is 30.7 Å². The van der Waals surface area contributed by atoms with Crippen LogP contribution >= 0.6 is 0 Å². The highest BCUT2D eigenvalue weighted by Gasteiger charge is 2.15. The van der Waals surface area contributed by atoms with Crippen LogP contribution in [0.25, 0.3) is 0 Å². The number of hydrogen-bond donors (Lipinski definition) is 1. The number of nitrogens with zero attached hydrogens (tertiary/aromatic N) is 2. The Bertz CT molecular complexity index is 595. The van der Waals surface area contributed by atoms with Crippen molar-refractivity contribution >= 4 is 5.95 Å². The number of aryl methyl sites for hydroxylation is 1. The minimum Gasteiger partial charge on any atom is -0.493 e. The standard InChI is InChI=1S/C15H19N3O3/c1-5-16-15-17-9-10(2)14(18-15)21-13-11(19-3)7-6-8-12(13)20-4/h6-9H,5H2,1-4H3,(H,16,17,18). The number of rotatable bonds is 6. The molecular formula is C15H19N3O3. The van der Waals surface area contributed by atoms with Gasteiger partial charge in [0, 0.05) is 18.3 Å². The van der Waals surface area contributed by atoms with Crippen LogP contribution < -0.4 is 19.5 Å². The molecule has 0 saturated heterocycles. The maximum absolute atomic E-state index is 5.90. The van der Waals surface area contributed by atoms with Crippen LogP contribution in [0.15, 0.2) is 24.4 Å². The van der Waals surface area contributed by atoms with Crippen LogP contribution in [0.2, 0.25) is 0 Å². The molecule has 6 nitrogen and oxygen atoms in total. The summed E-state index contributed by atoms with van der Waals surface area (Å²) in [4.78, 5) is 8.54. The SMILES string of the molecule is CCNc1ncc(C)c(Oc2c(OC)cccc2OC)n1. The fourth-order valence-corrected chi connectivity index (χ4v) is 1.79. The van der Waals surface area contributed by atoms with E-state index in [4.69, 9.17) is 14.2 Å². The van der Waals surface area contributed by atoms with Crippen molar-refractivity contribution in [2.24, 2.45) is 0 Å². The van der Waals surface area contributed by atoms with Crippen LogP contribution in [0.4, 0.5) is 5.95 Å². The smallest absolute Gasteiger partial charge is 0.227 e. The number of aromatic nitrogens is 2. The van der Waals surface area contributed by atoms with Gasteiger partial charge >= 0.3 is 0 Å². The summed E-state index contributed by atoms with van der Waals surface area (Å²) in [5.41, 5.74) is 0.824. The Hall–Kier alpha value is -2.50. The lowest BCUT2D eigenvalue weighted by Gasteiger charge is -2.14. The highest BCUT2D eigenvalue weighted by Crippen LogP contribution is 2.40. The third-order valence-electron chi connectivity index (χ3n) is 2.84. The van der Waals surface area contributed by atoms with Gasteiger partial charge in [-0.05, 0) is 26.0 Å². The lowest BCUT2D eigenvalue weighted by Crippen LogP contribution is -2.04. The fraction of sp³-hybridized carbons (Fsp3) is 0.333. The van der Waals surface area contributed by atoms with Gasteiger partial charge in [0.05, 0.1) is 14.2 Å². The molecule has 0 bridgehead atoms. The zero-order chi connectivity index (χ0) is 15.2. The highest BCUT2D eigenvalue weighted by atomic mass is 16.5. The van der Waals surface area contributed by atoms with Crippen LogP contribution in [0, 0.1) is 6.92 Å². The topological polar surface area (TPSA) is 65.5 Å². The fourth-order valence-electron chi connectivity index (χ4n) is 1.79. The van der Waals surface area contributed by atoms with Crippen molar-refractivity contribution in [1.29, 1.82) is 0 Å². The minimum absolute atomic E-state index is 0.462. The molecular weight excluding hydrogens is 270 g/mol. The first kappa shape index (κ1) is 14.9. The molecule has 1 aromatic carbocycles. The Morgan fingerprint density at radius 1 is 1.14 bits per heavy atom. The first-order chi connectivity index (χ1) is 10.2. The normalized spacial score (nSPS) is 10.1. The van der Waals surface area contributed by atoms with Gasteiger partial charge in [-0.25, -0.2) is 4.98 Å². The van der Waals surface area contributed by atoms with Crippen molar-refractivity contribution in [3.05, 3.63) is 30.0 Å². The first-order valence-corrected chi connectivity index (χ1v) is 6.66. The first-order valence-electron chi connectivity index (χ1n) is 6.66. The number of benzene rings is 1. The van der Waals surface area contributed by atoms with Gasteiger partial charge in [-0.1, -0.05) is 6.07 Å². The van der Waals surface area contributed by atoms with E-state index in [1.807, 2.05) is 19.9 Å². The van der Waals surface area contributed by atoms with Crippen LogP contribution in [0.3, 0.4) is 0 Å². The highest BCUT2D eigenvalue weighted by molar-refractivity contribution is 5.53. The average molecular weight is 289 g/mol. The molecule has 2 aromatic rings. The van der Waals surface area contributed by atoms with E-state index in [2.05, 4.69) is 15.3 Å². The molecule has 1 N–H and O–H groups in total. The predicted molar refractivity (Wildman–Crippen MR) is 80.6 cm³/mol.